The van der Waals surface area contributed by atoms with Crippen LogP contribution in [0.1, 0.15) is 11.1 Å². The molecule has 0 saturated carbocycles. The van der Waals surface area contributed by atoms with Crippen LogP contribution < -0.4 is 4.90 Å². The van der Waals surface area contributed by atoms with Crippen LogP contribution in [0.5, 0.6) is 0 Å². The molecule has 0 bridgehead atoms. The van der Waals surface area contributed by atoms with Gasteiger partial charge in [-0.3, -0.25) is 0 Å². The van der Waals surface area contributed by atoms with Gasteiger partial charge in [0, 0.05) is 13.6 Å². The predicted octanol–water partition coefficient (Wildman–Crippen LogP) is 3.21. The summed E-state index contributed by atoms with van der Waals surface area (Å²) in [5, 5.41) is 0.0440. The summed E-state index contributed by atoms with van der Waals surface area (Å²) in [5.74, 6) is -0.272. The smallest absolute Gasteiger partial charge is 0.224 e. The van der Waals surface area contributed by atoms with E-state index in [4.69, 9.17) is 11.6 Å². The summed E-state index contributed by atoms with van der Waals surface area (Å²) in [5.41, 5.74) is 2.26. The van der Waals surface area contributed by atoms with E-state index in [1.165, 1.54) is 5.56 Å². The van der Waals surface area contributed by atoms with Crippen molar-refractivity contribution < 1.29 is 4.39 Å². The van der Waals surface area contributed by atoms with Crippen molar-refractivity contribution in [1.29, 1.82) is 0 Å². The van der Waals surface area contributed by atoms with E-state index in [1.54, 1.807) is 11.9 Å². The minimum absolute atomic E-state index is 0.0440. The summed E-state index contributed by atoms with van der Waals surface area (Å²) in [6.45, 7) is 2.58. The molecule has 0 atom stereocenters. The Morgan fingerprint density at radius 2 is 2.17 bits per heavy atom. The van der Waals surface area contributed by atoms with Gasteiger partial charge in [0.25, 0.3) is 0 Å². The molecule has 0 saturated heterocycles. The van der Waals surface area contributed by atoms with Crippen molar-refractivity contribution >= 4 is 17.4 Å². The van der Waals surface area contributed by atoms with E-state index in [-0.39, 0.29) is 11.1 Å². The molecule has 1 aromatic heterocycles. The lowest BCUT2D eigenvalue weighted by Crippen LogP contribution is -2.19. The Kier molecular flexibility index (Phi) is 3.77. The van der Waals surface area contributed by atoms with Gasteiger partial charge in [-0.15, -0.1) is 0 Å². The van der Waals surface area contributed by atoms with Gasteiger partial charge < -0.3 is 4.90 Å². The number of halogens is 2. The minimum Gasteiger partial charge on any atom is -0.353 e. The van der Waals surface area contributed by atoms with Gasteiger partial charge in [-0.2, -0.15) is 4.98 Å². The molecule has 5 heteroatoms. The first-order chi connectivity index (χ1) is 8.56. The summed E-state index contributed by atoms with van der Waals surface area (Å²) in [7, 11) is 1.77. The lowest BCUT2D eigenvalue weighted by atomic mass is 10.1. The van der Waals surface area contributed by atoms with E-state index in [1.807, 2.05) is 25.1 Å². The number of rotatable bonds is 3. The maximum atomic E-state index is 13.6. The molecule has 0 unspecified atom stereocenters. The average Bonchev–Trinajstić information content (AvgIpc) is 2.32. The summed E-state index contributed by atoms with van der Waals surface area (Å²) in [4.78, 5) is 9.20. The Labute approximate surface area is 110 Å². The van der Waals surface area contributed by atoms with Gasteiger partial charge in [0.2, 0.25) is 5.28 Å². The molecule has 2 rings (SSSR count). The molecule has 0 aliphatic rings. The Balaban J connectivity index is 2.21. The standard InChI is InChI=1S/C13H13ClFN3/c1-9-4-3-5-10(6-9)8-18(2)12-11(15)7-16-13(14)17-12/h3-7H,8H2,1-2H3. The van der Waals surface area contributed by atoms with Gasteiger partial charge in [-0.1, -0.05) is 29.8 Å². The number of anilines is 1. The largest absolute Gasteiger partial charge is 0.353 e. The maximum absolute atomic E-state index is 13.6. The van der Waals surface area contributed by atoms with Gasteiger partial charge >= 0.3 is 0 Å². The van der Waals surface area contributed by atoms with Crippen molar-refractivity contribution in [2.75, 3.05) is 11.9 Å². The lowest BCUT2D eigenvalue weighted by molar-refractivity contribution is 0.607. The van der Waals surface area contributed by atoms with Crippen molar-refractivity contribution in [1.82, 2.24) is 9.97 Å². The molecule has 94 valence electrons. The van der Waals surface area contributed by atoms with Crippen molar-refractivity contribution in [3.8, 4) is 0 Å². The van der Waals surface area contributed by atoms with Crippen molar-refractivity contribution in [3.63, 3.8) is 0 Å². The molecule has 3 nitrogen and oxygen atoms in total. The van der Waals surface area contributed by atoms with Crippen molar-refractivity contribution in [2.24, 2.45) is 0 Å². The fourth-order valence-corrected chi connectivity index (χ4v) is 1.89. The van der Waals surface area contributed by atoms with Gasteiger partial charge in [-0.25, -0.2) is 9.37 Å². The zero-order chi connectivity index (χ0) is 13.1. The Morgan fingerprint density at radius 1 is 1.39 bits per heavy atom. The van der Waals surface area contributed by atoms with Crippen LogP contribution in [0.4, 0.5) is 10.2 Å². The van der Waals surface area contributed by atoms with Gasteiger partial charge in [0.05, 0.1) is 6.20 Å². The first kappa shape index (κ1) is 12.8. The Bertz CT molecular complexity index is 560. The van der Waals surface area contributed by atoms with Crippen LogP contribution in [0, 0.1) is 12.7 Å². The van der Waals surface area contributed by atoms with Gasteiger partial charge in [0.15, 0.2) is 11.6 Å². The molecular weight excluding hydrogens is 253 g/mol. The second-order valence-electron chi connectivity index (χ2n) is 4.16. The van der Waals surface area contributed by atoms with E-state index >= 15 is 0 Å². The molecule has 2 aromatic rings. The zero-order valence-electron chi connectivity index (χ0n) is 10.2. The quantitative estimate of drug-likeness (QED) is 0.798. The molecular formula is C13H13ClFN3. The minimum atomic E-state index is -0.477. The third kappa shape index (κ3) is 2.96. The fraction of sp³-hybridized carbons (Fsp3) is 0.231. The van der Waals surface area contributed by atoms with E-state index in [0.29, 0.717) is 6.54 Å². The number of benzene rings is 1. The van der Waals surface area contributed by atoms with Crippen LogP contribution in [0.15, 0.2) is 30.5 Å². The highest BCUT2D eigenvalue weighted by Gasteiger charge is 2.11. The number of hydrogen-bond donors (Lipinski definition) is 0. The normalized spacial score (nSPS) is 10.4. The molecule has 1 aromatic carbocycles. The van der Waals surface area contributed by atoms with Crippen LogP contribution >= 0.6 is 11.6 Å². The van der Waals surface area contributed by atoms with Crippen LogP contribution in [-0.4, -0.2) is 17.0 Å². The average molecular weight is 266 g/mol. The molecule has 18 heavy (non-hydrogen) atoms. The molecule has 0 aliphatic carbocycles. The van der Waals surface area contributed by atoms with Gasteiger partial charge in [0.1, 0.15) is 0 Å². The lowest BCUT2D eigenvalue weighted by Gasteiger charge is -2.18. The Hall–Kier alpha value is -1.68. The van der Waals surface area contributed by atoms with Crippen LogP contribution in [0.25, 0.3) is 0 Å². The molecule has 0 radical (unpaired) electrons. The van der Waals surface area contributed by atoms with E-state index in [9.17, 15) is 4.39 Å². The SMILES string of the molecule is Cc1cccc(CN(C)c2nc(Cl)ncc2F)c1. The molecule has 0 spiro atoms. The third-order valence-corrected chi connectivity index (χ3v) is 2.74. The number of nitrogens with zero attached hydrogens (tertiary/aromatic N) is 3. The first-order valence-electron chi connectivity index (χ1n) is 5.51. The topological polar surface area (TPSA) is 29.0 Å². The molecule has 1 heterocycles. The van der Waals surface area contributed by atoms with Crippen LogP contribution in [-0.2, 0) is 6.54 Å². The second kappa shape index (κ2) is 5.31. The molecule has 0 aliphatic heterocycles. The summed E-state index contributed by atoms with van der Waals surface area (Å²) >= 11 is 5.67. The number of hydrogen-bond acceptors (Lipinski definition) is 3. The third-order valence-electron chi connectivity index (χ3n) is 2.56. The highest BCUT2D eigenvalue weighted by Crippen LogP contribution is 2.18. The molecule has 0 amide bonds. The monoisotopic (exact) mass is 265 g/mol. The van der Waals surface area contributed by atoms with Crippen LogP contribution in [0.3, 0.4) is 0 Å². The number of aryl methyl sites for hydroxylation is 1. The number of aromatic nitrogens is 2. The predicted molar refractivity (Wildman–Crippen MR) is 70.3 cm³/mol. The maximum Gasteiger partial charge on any atom is 0.224 e. The van der Waals surface area contributed by atoms with E-state index in [2.05, 4.69) is 16.0 Å². The van der Waals surface area contributed by atoms with E-state index in [0.717, 1.165) is 11.8 Å². The van der Waals surface area contributed by atoms with Gasteiger partial charge in [-0.05, 0) is 24.1 Å². The fourth-order valence-electron chi connectivity index (χ4n) is 1.76. The summed E-state index contributed by atoms with van der Waals surface area (Å²) < 4.78 is 13.6. The van der Waals surface area contributed by atoms with Crippen LogP contribution in [0.2, 0.25) is 5.28 Å². The molecule has 0 N–H and O–H groups in total. The first-order valence-corrected chi connectivity index (χ1v) is 5.89. The Morgan fingerprint density at radius 3 is 2.89 bits per heavy atom. The highest BCUT2D eigenvalue weighted by atomic mass is 35.5. The molecule has 0 fully saturated rings. The highest BCUT2D eigenvalue weighted by molar-refractivity contribution is 6.28. The van der Waals surface area contributed by atoms with Crippen molar-refractivity contribution in [2.45, 2.75) is 13.5 Å². The summed E-state index contributed by atoms with van der Waals surface area (Å²) in [6.07, 6.45) is 1.08. The van der Waals surface area contributed by atoms with E-state index < -0.39 is 5.82 Å². The zero-order valence-corrected chi connectivity index (χ0v) is 10.9. The summed E-state index contributed by atoms with van der Waals surface area (Å²) in [6, 6.07) is 8.04. The van der Waals surface area contributed by atoms with Crippen molar-refractivity contribution in [3.05, 3.63) is 52.7 Å². The second-order valence-corrected chi connectivity index (χ2v) is 4.49.